The highest BCUT2D eigenvalue weighted by Gasteiger charge is 2.26. The Hall–Kier alpha value is -0.120. The van der Waals surface area contributed by atoms with Crippen LogP contribution in [0.1, 0.15) is 45.4 Å². The van der Waals surface area contributed by atoms with Crippen LogP contribution < -0.4 is 5.32 Å². The summed E-state index contributed by atoms with van der Waals surface area (Å²) in [5.74, 6) is 1.50. The molecule has 1 saturated heterocycles. The summed E-state index contributed by atoms with van der Waals surface area (Å²) < 4.78 is 11.2. The van der Waals surface area contributed by atoms with Crippen LogP contribution in [0.2, 0.25) is 0 Å². The first kappa shape index (κ1) is 14.3. The van der Waals surface area contributed by atoms with Crippen LogP contribution >= 0.6 is 0 Å². The molecule has 0 aromatic rings. The third-order valence-corrected chi connectivity index (χ3v) is 4.33. The van der Waals surface area contributed by atoms with Crippen LogP contribution in [0.5, 0.6) is 0 Å². The van der Waals surface area contributed by atoms with Crippen LogP contribution in [0.25, 0.3) is 0 Å². The number of rotatable bonds is 8. The summed E-state index contributed by atoms with van der Waals surface area (Å²) >= 11 is 0. The van der Waals surface area contributed by atoms with Gasteiger partial charge in [-0.2, -0.15) is 0 Å². The molecule has 106 valence electrons. The Bertz CT molecular complexity index is 217. The van der Waals surface area contributed by atoms with Gasteiger partial charge in [0, 0.05) is 25.2 Å². The van der Waals surface area contributed by atoms with Crippen molar-refractivity contribution >= 4 is 0 Å². The molecule has 1 saturated carbocycles. The summed E-state index contributed by atoms with van der Waals surface area (Å²) in [5.41, 5.74) is 0. The van der Waals surface area contributed by atoms with Gasteiger partial charge in [0.2, 0.25) is 0 Å². The molecule has 3 heteroatoms. The molecule has 1 aliphatic heterocycles. The summed E-state index contributed by atoms with van der Waals surface area (Å²) in [7, 11) is 0. The van der Waals surface area contributed by atoms with E-state index in [0.717, 1.165) is 38.4 Å². The van der Waals surface area contributed by atoms with E-state index in [2.05, 4.69) is 12.2 Å². The molecule has 0 aromatic carbocycles. The van der Waals surface area contributed by atoms with Gasteiger partial charge >= 0.3 is 0 Å². The van der Waals surface area contributed by atoms with Crippen LogP contribution in [0, 0.1) is 11.8 Å². The van der Waals surface area contributed by atoms with Crippen molar-refractivity contribution in [2.24, 2.45) is 11.8 Å². The molecule has 18 heavy (non-hydrogen) atoms. The Labute approximate surface area is 112 Å². The normalized spacial score (nSPS) is 32.2. The van der Waals surface area contributed by atoms with Crippen LogP contribution in [0.3, 0.4) is 0 Å². The van der Waals surface area contributed by atoms with E-state index in [4.69, 9.17) is 9.47 Å². The van der Waals surface area contributed by atoms with Crippen molar-refractivity contribution in [3.63, 3.8) is 0 Å². The molecule has 0 radical (unpaired) electrons. The molecule has 1 aliphatic carbocycles. The highest BCUT2D eigenvalue weighted by atomic mass is 16.5. The van der Waals surface area contributed by atoms with Gasteiger partial charge < -0.3 is 14.8 Å². The van der Waals surface area contributed by atoms with Crippen molar-refractivity contribution in [2.45, 2.75) is 51.5 Å². The Kier molecular flexibility index (Phi) is 6.46. The van der Waals surface area contributed by atoms with E-state index < -0.39 is 0 Å². The Morgan fingerprint density at radius 2 is 2.22 bits per heavy atom. The quantitative estimate of drug-likeness (QED) is 0.676. The van der Waals surface area contributed by atoms with E-state index in [1.165, 1.54) is 45.1 Å². The molecule has 1 N–H and O–H groups in total. The van der Waals surface area contributed by atoms with Crippen molar-refractivity contribution in [1.29, 1.82) is 0 Å². The smallest absolute Gasteiger partial charge is 0.0517 e. The third kappa shape index (κ3) is 4.52. The zero-order chi connectivity index (χ0) is 12.6. The molecule has 3 atom stereocenters. The second kappa shape index (κ2) is 8.13. The molecule has 2 fully saturated rings. The molecule has 3 nitrogen and oxygen atoms in total. The summed E-state index contributed by atoms with van der Waals surface area (Å²) in [6.07, 6.45) is 7.79. The summed E-state index contributed by atoms with van der Waals surface area (Å²) in [5, 5.41) is 3.69. The topological polar surface area (TPSA) is 30.5 Å². The zero-order valence-corrected chi connectivity index (χ0v) is 11.8. The van der Waals surface area contributed by atoms with Gasteiger partial charge in [-0.3, -0.25) is 0 Å². The van der Waals surface area contributed by atoms with Crippen molar-refractivity contribution in [1.82, 2.24) is 5.32 Å². The van der Waals surface area contributed by atoms with E-state index in [1.807, 2.05) is 0 Å². The monoisotopic (exact) mass is 255 g/mol. The van der Waals surface area contributed by atoms with Crippen molar-refractivity contribution in [2.75, 3.05) is 33.0 Å². The highest BCUT2D eigenvalue weighted by molar-refractivity contribution is 4.82. The lowest BCUT2D eigenvalue weighted by atomic mass is 10.00. The second-order valence-electron chi connectivity index (χ2n) is 5.84. The molecule has 0 bridgehead atoms. The number of ether oxygens (including phenoxy) is 2. The van der Waals surface area contributed by atoms with E-state index in [9.17, 15) is 0 Å². The lowest BCUT2D eigenvalue weighted by molar-refractivity contribution is 0.0789. The van der Waals surface area contributed by atoms with Gasteiger partial charge in [0.15, 0.2) is 0 Å². The van der Waals surface area contributed by atoms with Gasteiger partial charge in [0.1, 0.15) is 0 Å². The average Bonchev–Trinajstić information content (AvgIpc) is 3.03. The minimum atomic E-state index is 0.655. The van der Waals surface area contributed by atoms with Gasteiger partial charge in [-0.05, 0) is 44.6 Å². The zero-order valence-electron chi connectivity index (χ0n) is 11.8. The van der Waals surface area contributed by atoms with Crippen LogP contribution in [-0.2, 0) is 9.47 Å². The van der Waals surface area contributed by atoms with Crippen molar-refractivity contribution < 1.29 is 9.47 Å². The molecule has 0 amide bonds. The molecule has 2 rings (SSSR count). The van der Waals surface area contributed by atoms with Gasteiger partial charge in [-0.1, -0.05) is 13.3 Å². The molecular weight excluding hydrogens is 226 g/mol. The van der Waals surface area contributed by atoms with Gasteiger partial charge in [0.05, 0.1) is 13.2 Å². The number of nitrogens with one attached hydrogen (secondary N) is 1. The van der Waals surface area contributed by atoms with E-state index in [0.29, 0.717) is 5.92 Å². The lowest BCUT2D eigenvalue weighted by Gasteiger charge is -2.21. The predicted molar refractivity (Wildman–Crippen MR) is 73.8 cm³/mol. The third-order valence-electron chi connectivity index (χ3n) is 4.33. The largest absolute Gasteiger partial charge is 0.381 e. The first-order valence-corrected chi connectivity index (χ1v) is 7.79. The summed E-state index contributed by atoms with van der Waals surface area (Å²) in [6.45, 7) is 7.08. The maximum atomic E-state index is 5.82. The number of hydrogen-bond donors (Lipinski definition) is 1. The van der Waals surface area contributed by atoms with E-state index in [-0.39, 0.29) is 0 Å². The highest BCUT2D eigenvalue weighted by Crippen LogP contribution is 2.28. The van der Waals surface area contributed by atoms with Crippen LogP contribution in [0.4, 0.5) is 0 Å². The second-order valence-corrected chi connectivity index (χ2v) is 5.84. The molecule has 0 aromatic heterocycles. The molecule has 0 spiro atoms. The predicted octanol–water partition coefficient (Wildman–Crippen LogP) is 2.60. The van der Waals surface area contributed by atoms with Gasteiger partial charge in [-0.25, -0.2) is 0 Å². The summed E-state index contributed by atoms with van der Waals surface area (Å²) in [6, 6.07) is 0.753. The van der Waals surface area contributed by atoms with Crippen LogP contribution in [0.15, 0.2) is 0 Å². The fourth-order valence-electron chi connectivity index (χ4n) is 3.18. The Morgan fingerprint density at radius 1 is 1.28 bits per heavy atom. The standard InChI is InChI=1S/C15H29NO2/c1-2-8-16-15-5-3-4-14(15)7-10-18-12-13-6-9-17-11-13/h13-16H,2-12H2,1H3. The number of hydrogen-bond acceptors (Lipinski definition) is 3. The minimum absolute atomic E-state index is 0.655. The molecule has 3 unspecified atom stereocenters. The molecular formula is C15H29NO2. The fraction of sp³-hybridized carbons (Fsp3) is 1.00. The maximum Gasteiger partial charge on any atom is 0.0517 e. The first-order valence-electron chi connectivity index (χ1n) is 7.79. The van der Waals surface area contributed by atoms with Crippen LogP contribution in [-0.4, -0.2) is 39.0 Å². The molecule has 2 aliphatic rings. The minimum Gasteiger partial charge on any atom is -0.381 e. The maximum absolute atomic E-state index is 5.82. The first-order chi connectivity index (χ1) is 8.90. The Balaban J connectivity index is 1.54. The lowest BCUT2D eigenvalue weighted by Crippen LogP contribution is -2.33. The van der Waals surface area contributed by atoms with Gasteiger partial charge in [-0.15, -0.1) is 0 Å². The van der Waals surface area contributed by atoms with Gasteiger partial charge in [0.25, 0.3) is 0 Å². The Morgan fingerprint density at radius 3 is 3.00 bits per heavy atom. The van der Waals surface area contributed by atoms with Crippen molar-refractivity contribution in [3.05, 3.63) is 0 Å². The fourth-order valence-corrected chi connectivity index (χ4v) is 3.18. The van der Waals surface area contributed by atoms with E-state index >= 15 is 0 Å². The van der Waals surface area contributed by atoms with E-state index in [1.54, 1.807) is 0 Å². The van der Waals surface area contributed by atoms with Crippen molar-refractivity contribution in [3.8, 4) is 0 Å². The SMILES string of the molecule is CCCNC1CCCC1CCOCC1CCOC1. The molecule has 1 heterocycles. The average molecular weight is 255 g/mol. The summed E-state index contributed by atoms with van der Waals surface area (Å²) in [4.78, 5) is 0.